The summed E-state index contributed by atoms with van der Waals surface area (Å²) in [4.78, 5) is 30.7. The molecule has 0 unspecified atom stereocenters. The van der Waals surface area contributed by atoms with Crippen LogP contribution in [0.2, 0.25) is 0 Å². The Kier molecular flexibility index (Phi) is 4.86. The fourth-order valence-electron chi connectivity index (χ4n) is 3.07. The molecule has 0 spiro atoms. The minimum atomic E-state index is -0.841. The highest BCUT2D eigenvalue weighted by atomic mass is 16.3. The van der Waals surface area contributed by atoms with Crippen molar-refractivity contribution in [2.75, 3.05) is 6.54 Å². The number of hydrogen-bond acceptors (Lipinski definition) is 5. The molecule has 0 aliphatic carbocycles. The lowest BCUT2D eigenvalue weighted by Gasteiger charge is -2.25. The average molecular weight is 352 g/mol. The third-order valence-electron chi connectivity index (χ3n) is 4.29. The van der Waals surface area contributed by atoms with Crippen molar-refractivity contribution in [3.63, 3.8) is 0 Å². The van der Waals surface area contributed by atoms with E-state index in [-0.39, 0.29) is 17.9 Å². The van der Waals surface area contributed by atoms with Gasteiger partial charge < -0.3 is 15.1 Å². The lowest BCUT2D eigenvalue weighted by atomic mass is 9.98. The zero-order chi connectivity index (χ0) is 18.8. The number of aryl methyl sites for hydroxylation is 1. The number of hydrogen-bond donors (Lipinski definition) is 2. The van der Waals surface area contributed by atoms with Crippen molar-refractivity contribution in [2.24, 2.45) is 0 Å². The summed E-state index contributed by atoms with van der Waals surface area (Å²) in [7, 11) is 0. The summed E-state index contributed by atoms with van der Waals surface area (Å²) >= 11 is 0. The summed E-state index contributed by atoms with van der Waals surface area (Å²) in [6.45, 7) is 3.42. The predicted molar refractivity (Wildman–Crippen MR) is 96.1 cm³/mol. The first-order valence-electron chi connectivity index (χ1n) is 8.34. The number of carbonyl (C=O) groups is 2. The molecule has 0 bridgehead atoms. The molecule has 2 heterocycles. The van der Waals surface area contributed by atoms with Gasteiger partial charge in [-0.3, -0.25) is 14.6 Å². The van der Waals surface area contributed by atoms with Crippen LogP contribution in [0.1, 0.15) is 29.8 Å². The molecule has 1 amide bonds. The number of nitrogens with zero attached hydrogens (tertiary/aromatic N) is 2. The highest BCUT2D eigenvalue weighted by Gasteiger charge is 2.46. The van der Waals surface area contributed by atoms with Crippen LogP contribution in [0.3, 0.4) is 0 Å². The van der Waals surface area contributed by atoms with Crippen molar-refractivity contribution >= 4 is 17.4 Å². The monoisotopic (exact) mass is 352 g/mol. The van der Waals surface area contributed by atoms with Crippen LogP contribution in [-0.4, -0.2) is 44.4 Å². The maximum Gasteiger partial charge on any atom is 0.295 e. The Labute approximate surface area is 151 Å². The molecule has 1 saturated heterocycles. The van der Waals surface area contributed by atoms with Crippen LogP contribution in [0.25, 0.3) is 5.76 Å². The number of aliphatic hydroxyl groups excluding tert-OH is 2. The second-order valence-electron chi connectivity index (χ2n) is 6.42. The van der Waals surface area contributed by atoms with Crippen LogP contribution in [-0.2, 0) is 9.59 Å². The van der Waals surface area contributed by atoms with E-state index in [1.165, 1.54) is 11.8 Å². The molecule has 1 aliphatic heterocycles. The van der Waals surface area contributed by atoms with Gasteiger partial charge in [0.15, 0.2) is 0 Å². The van der Waals surface area contributed by atoms with Crippen LogP contribution in [0.15, 0.2) is 54.2 Å². The molecule has 0 radical (unpaired) electrons. The second-order valence-corrected chi connectivity index (χ2v) is 6.42. The number of rotatable bonds is 4. The summed E-state index contributed by atoms with van der Waals surface area (Å²) < 4.78 is 0. The number of aromatic nitrogens is 1. The maximum atomic E-state index is 12.6. The Morgan fingerprint density at radius 2 is 1.88 bits per heavy atom. The van der Waals surface area contributed by atoms with Crippen molar-refractivity contribution in [3.05, 3.63) is 71.1 Å². The molecule has 26 heavy (non-hydrogen) atoms. The smallest absolute Gasteiger partial charge is 0.295 e. The summed E-state index contributed by atoms with van der Waals surface area (Å²) in [6.07, 6.45) is 0.739. The minimum absolute atomic E-state index is 0.0156. The summed E-state index contributed by atoms with van der Waals surface area (Å²) in [5, 5.41) is 20.5. The molecule has 0 saturated carbocycles. The van der Waals surface area contributed by atoms with E-state index >= 15 is 0 Å². The van der Waals surface area contributed by atoms with Crippen LogP contribution in [0.5, 0.6) is 0 Å². The largest absolute Gasteiger partial charge is 0.507 e. The molecule has 3 rings (SSSR count). The number of β-amino-alcohol motifs (C(OH)–C–C–N with tert-alkyl or cyclic N) is 1. The number of ketones is 1. The Hall–Kier alpha value is -2.99. The van der Waals surface area contributed by atoms with Crippen LogP contribution < -0.4 is 0 Å². The third-order valence-corrected chi connectivity index (χ3v) is 4.29. The fourth-order valence-corrected chi connectivity index (χ4v) is 3.07. The molecule has 6 heteroatoms. The van der Waals surface area contributed by atoms with E-state index in [1.54, 1.807) is 36.5 Å². The van der Waals surface area contributed by atoms with Gasteiger partial charge in [0, 0.05) is 18.3 Å². The van der Waals surface area contributed by atoms with E-state index in [4.69, 9.17) is 0 Å². The van der Waals surface area contributed by atoms with Gasteiger partial charge in [-0.25, -0.2) is 0 Å². The lowest BCUT2D eigenvalue weighted by Crippen LogP contribution is -2.35. The molecule has 1 aliphatic rings. The standard InChI is InChI=1S/C20H20N2O4/c1-12-6-8-14(9-7-12)18(24)16-17(15-5-3-4-10-21-15)22(11-13(2)23)20(26)19(16)25/h3-10,13,17,23-24H,11H2,1-2H3/t13-,17-/m1/s1. The van der Waals surface area contributed by atoms with Gasteiger partial charge in [0.05, 0.1) is 17.4 Å². The van der Waals surface area contributed by atoms with Gasteiger partial charge in [-0.1, -0.05) is 35.9 Å². The summed E-state index contributed by atoms with van der Waals surface area (Å²) in [5.74, 6) is -1.78. The Bertz CT molecular complexity index is 857. The van der Waals surface area contributed by atoms with Crippen molar-refractivity contribution in [1.82, 2.24) is 9.88 Å². The third kappa shape index (κ3) is 3.23. The zero-order valence-corrected chi connectivity index (χ0v) is 14.6. The SMILES string of the molecule is Cc1ccc(C(O)=C2C(=O)C(=O)N(C[C@@H](C)O)[C@@H]2c2ccccn2)cc1. The molecule has 6 nitrogen and oxygen atoms in total. The summed E-state index contributed by atoms with van der Waals surface area (Å²) in [6, 6.07) is 11.3. The van der Waals surface area contributed by atoms with Gasteiger partial charge in [0.1, 0.15) is 11.8 Å². The number of amides is 1. The number of benzene rings is 1. The zero-order valence-electron chi connectivity index (χ0n) is 14.6. The number of pyridine rings is 1. The van der Waals surface area contributed by atoms with Crippen LogP contribution in [0.4, 0.5) is 0 Å². The first-order chi connectivity index (χ1) is 12.4. The molecular formula is C20H20N2O4. The van der Waals surface area contributed by atoms with Gasteiger partial charge in [0.2, 0.25) is 0 Å². The Morgan fingerprint density at radius 3 is 2.46 bits per heavy atom. The maximum absolute atomic E-state index is 12.6. The van der Waals surface area contributed by atoms with Crippen LogP contribution in [0, 0.1) is 6.92 Å². The Morgan fingerprint density at radius 1 is 1.19 bits per heavy atom. The molecular weight excluding hydrogens is 332 g/mol. The Balaban J connectivity index is 2.17. The van der Waals surface area contributed by atoms with E-state index in [0.717, 1.165) is 5.56 Å². The highest BCUT2D eigenvalue weighted by molar-refractivity contribution is 6.46. The van der Waals surface area contributed by atoms with E-state index in [0.29, 0.717) is 11.3 Å². The number of aliphatic hydroxyl groups is 2. The van der Waals surface area contributed by atoms with Crippen molar-refractivity contribution in [3.8, 4) is 0 Å². The van der Waals surface area contributed by atoms with Gasteiger partial charge in [-0.05, 0) is 26.0 Å². The van der Waals surface area contributed by atoms with Gasteiger partial charge in [0.25, 0.3) is 11.7 Å². The average Bonchev–Trinajstić information content (AvgIpc) is 2.87. The van der Waals surface area contributed by atoms with Crippen LogP contribution >= 0.6 is 0 Å². The predicted octanol–water partition coefficient (Wildman–Crippen LogP) is 2.19. The summed E-state index contributed by atoms with van der Waals surface area (Å²) in [5.41, 5.74) is 1.91. The molecule has 1 aromatic heterocycles. The quantitative estimate of drug-likeness (QED) is 0.500. The van der Waals surface area contributed by atoms with Gasteiger partial charge in [-0.2, -0.15) is 0 Å². The van der Waals surface area contributed by atoms with E-state index in [9.17, 15) is 19.8 Å². The topological polar surface area (TPSA) is 90.7 Å². The first kappa shape index (κ1) is 17.8. The first-order valence-corrected chi connectivity index (χ1v) is 8.34. The number of likely N-dealkylation sites (tertiary alicyclic amines) is 1. The fraction of sp³-hybridized carbons (Fsp3) is 0.250. The number of Topliss-reactive ketones (excluding diaryl/α,β-unsaturated/α-hetero) is 1. The van der Waals surface area contributed by atoms with Crippen molar-refractivity contribution in [2.45, 2.75) is 26.0 Å². The van der Waals surface area contributed by atoms with Crippen molar-refractivity contribution < 1.29 is 19.8 Å². The molecule has 2 aromatic rings. The van der Waals surface area contributed by atoms with E-state index < -0.39 is 23.8 Å². The highest BCUT2D eigenvalue weighted by Crippen LogP contribution is 2.38. The van der Waals surface area contributed by atoms with Gasteiger partial charge >= 0.3 is 0 Å². The molecule has 1 fully saturated rings. The second kappa shape index (κ2) is 7.09. The van der Waals surface area contributed by atoms with E-state index in [1.807, 2.05) is 19.1 Å². The van der Waals surface area contributed by atoms with Gasteiger partial charge in [-0.15, -0.1) is 0 Å². The number of carbonyl (C=O) groups excluding carboxylic acids is 2. The molecule has 2 atom stereocenters. The molecule has 1 aromatic carbocycles. The lowest BCUT2D eigenvalue weighted by molar-refractivity contribution is -0.140. The minimum Gasteiger partial charge on any atom is -0.507 e. The van der Waals surface area contributed by atoms with Crippen molar-refractivity contribution in [1.29, 1.82) is 0 Å². The molecule has 2 N–H and O–H groups in total. The molecule has 134 valence electrons. The van der Waals surface area contributed by atoms with E-state index in [2.05, 4.69) is 4.98 Å². The normalized spacial score (nSPS) is 20.4.